The molecular weight excluding hydrogens is 266 g/mol. The van der Waals surface area contributed by atoms with Gasteiger partial charge in [0.05, 0.1) is 5.92 Å². The first-order valence-electron chi connectivity index (χ1n) is 7.62. The van der Waals surface area contributed by atoms with Gasteiger partial charge in [-0.15, -0.1) is 0 Å². The van der Waals surface area contributed by atoms with Crippen LogP contribution < -0.4 is 0 Å². The predicted octanol–water partition coefficient (Wildman–Crippen LogP) is 2.18. The first-order valence-corrected chi connectivity index (χ1v) is 7.62. The summed E-state index contributed by atoms with van der Waals surface area (Å²) in [5.41, 5.74) is 1.11. The molecule has 2 amide bonds. The Hall–Kier alpha value is -1.68. The zero-order valence-electron chi connectivity index (χ0n) is 12.7. The van der Waals surface area contributed by atoms with Crippen LogP contribution in [-0.4, -0.2) is 35.0 Å². The Labute approximate surface area is 125 Å². The molecule has 0 saturated carbocycles. The lowest BCUT2D eigenvalue weighted by Crippen LogP contribution is -2.33. The minimum Gasteiger partial charge on any atom is -0.396 e. The van der Waals surface area contributed by atoms with Crippen molar-refractivity contribution in [3.05, 3.63) is 35.9 Å². The van der Waals surface area contributed by atoms with Crippen LogP contribution in [0.4, 0.5) is 0 Å². The summed E-state index contributed by atoms with van der Waals surface area (Å²) in [6.07, 6.45) is 1.27. The number of benzene rings is 1. The van der Waals surface area contributed by atoms with Gasteiger partial charge in [0.1, 0.15) is 0 Å². The normalized spacial score (nSPS) is 23.7. The lowest BCUT2D eigenvalue weighted by atomic mass is 9.78. The van der Waals surface area contributed by atoms with Crippen LogP contribution in [0.1, 0.15) is 38.2 Å². The number of aliphatic hydroxyl groups is 1. The lowest BCUT2D eigenvalue weighted by molar-refractivity contribution is -0.140. The molecule has 1 aliphatic rings. The fourth-order valence-electron chi connectivity index (χ4n) is 3.27. The van der Waals surface area contributed by atoms with Crippen LogP contribution in [0, 0.1) is 11.8 Å². The number of rotatable bonds is 6. The molecule has 1 heterocycles. The Kier molecular flexibility index (Phi) is 5.12. The molecule has 1 aliphatic heterocycles. The Morgan fingerprint density at radius 2 is 1.86 bits per heavy atom. The minimum atomic E-state index is -0.290. The summed E-state index contributed by atoms with van der Waals surface area (Å²) in [7, 11) is 0. The van der Waals surface area contributed by atoms with Crippen molar-refractivity contribution in [1.29, 1.82) is 0 Å². The van der Waals surface area contributed by atoms with E-state index in [9.17, 15) is 9.59 Å². The van der Waals surface area contributed by atoms with E-state index in [4.69, 9.17) is 5.11 Å². The third kappa shape index (κ3) is 3.00. The van der Waals surface area contributed by atoms with E-state index >= 15 is 0 Å². The molecule has 3 unspecified atom stereocenters. The van der Waals surface area contributed by atoms with E-state index in [0.29, 0.717) is 13.0 Å². The van der Waals surface area contributed by atoms with Crippen molar-refractivity contribution in [1.82, 2.24) is 4.90 Å². The first-order chi connectivity index (χ1) is 10.1. The second-order valence-corrected chi connectivity index (χ2v) is 5.65. The largest absolute Gasteiger partial charge is 0.396 e. The van der Waals surface area contributed by atoms with Crippen molar-refractivity contribution in [3.8, 4) is 0 Å². The number of aliphatic hydroxyl groups excluding tert-OH is 1. The highest BCUT2D eigenvalue weighted by Crippen LogP contribution is 2.39. The topological polar surface area (TPSA) is 57.6 Å². The number of likely N-dealkylation sites (tertiary alicyclic amines) is 1. The summed E-state index contributed by atoms with van der Waals surface area (Å²) < 4.78 is 0. The zero-order chi connectivity index (χ0) is 15.4. The molecule has 2 rings (SSSR count). The van der Waals surface area contributed by atoms with Gasteiger partial charge in [0.25, 0.3) is 0 Å². The molecule has 4 heteroatoms. The van der Waals surface area contributed by atoms with Crippen molar-refractivity contribution < 1.29 is 14.7 Å². The second-order valence-electron chi connectivity index (χ2n) is 5.65. The van der Waals surface area contributed by atoms with E-state index in [0.717, 1.165) is 12.0 Å². The Morgan fingerprint density at radius 3 is 2.43 bits per heavy atom. The summed E-state index contributed by atoms with van der Waals surface area (Å²) in [5, 5.41) is 8.92. The van der Waals surface area contributed by atoms with Crippen molar-refractivity contribution in [3.63, 3.8) is 0 Å². The molecule has 1 aromatic carbocycles. The van der Waals surface area contributed by atoms with E-state index in [2.05, 4.69) is 6.92 Å². The van der Waals surface area contributed by atoms with Crippen LogP contribution in [-0.2, 0) is 9.59 Å². The standard InChI is InChI=1S/C17H23NO3/c1-3-14(13-8-5-4-6-9-13)15-12(2)16(20)18(17(15)21)10-7-11-19/h4-6,8-9,12,14-15,19H,3,7,10-11H2,1-2H3. The molecular formula is C17H23NO3. The maximum atomic E-state index is 12.6. The molecule has 114 valence electrons. The van der Waals surface area contributed by atoms with Crippen LogP contribution in [0.3, 0.4) is 0 Å². The van der Waals surface area contributed by atoms with Crippen molar-refractivity contribution in [2.75, 3.05) is 13.2 Å². The van der Waals surface area contributed by atoms with Crippen LogP contribution in [0.5, 0.6) is 0 Å². The maximum Gasteiger partial charge on any atom is 0.233 e. The predicted molar refractivity (Wildman–Crippen MR) is 80.6 cm³/mol. The summed E-state index contributed by atoms with van der Waals surface area (Å²) in [5.74, 6) is -0.703. The SMILES string of the molecule is CCC(c1ccccc1)C1C(=O)N(CCCO)C(=O)C1C. The number of nitrogens with zero attached hydrogens (tertiary/aromatic N) is 1. The molecule has 0 aliphatic carbocycles. The smallest absolute Gasteiger partial charge is 0.233 e. The average Bonchev–Trinajstić information content (AvgIpc) is 2.71. The van der Waals surface area contributed by atoms with Crippen molar-refractivity contribution in [2.45, 2.75) is 32.6 Å². The molecule has 1 N–H and O–H groups in total. The van der Waals surface area contributed by atoms with E-state index in [1.165, 1.54) is 4.90 Å². The molecule has 0 bridgehead atoms. The second kappa shape index (κ2) is 6.85. The van der Waals surface area contributed by atoms with Gasteiger partial charge in [-0.1, -0.05) is 44.2 Å². The first kappa shape index (κ1) is 15.7. The number of amides is 2. The van der Waals surface area contributed by atoms with Gasteiger partial charge in [-0.3, -0.25) is 14.5 Å². The van der Waals surface area contributed by atoms with E-state index in [1.54, 1.807) is 0 Å². The fourth-order valence-corrected chi connectivity index (χ4v) is 3.27. The molecule has 1 aromatic rings. The highest BCUT2D eigenvalue weighted by Gasteiger charge is 2.47. The molecule has 1 saturated heterocycles. The van der Waals surface area contributed by atoms with Crippen LogP contribution in [0.15, 0.2) is 30.3 Å². The monoisotopic (exact) mass is 289 g/mol. The van der Waals surface area contributed by atoms with Gasteiger partial charge in [0.2, 0.25) is 11.8 Å². The Balaban J connectivity index is 2.25. The van der Waals surface area contributed by atoms with Crippen LogP contribution in [0.2, 0.25) is 0 Å². The van der Waals surface area contributed by atoms with Crippen molar-refractivity contribution >= 4 is 11.8 Å². The molecule has 21 heavy (non-hydrogen) atoms. The Bertz CT molecular complexity index is 500. The summed E-state index contributed by atoms with van der Waals surface area (Å²) in [6.45, 7) is 4.21. The highest BCUT2D eigenvalue weighted by atomic mass is 16.3. The fraction of sp³-hybridized carbons (Fsp3) is 0.529. The number of carbonyl (C=O) groups excluding carboxylic acids is 2. The van der Waals surface area contributed by atoms with E-state index < -0.39 is 0 Å². The molecule has 0 aromatic heterocycles. The van der Waals surface area contributed by atoms with Gasteiger partial charge < -0.3 is 5.11 Å². The van der Waals surface area contributed by atoms with Gasteiger partial charge in [0, 0.05) is 19.1 Å². The molecule has 3 atom stereocenters. The highest BCUT2D eigenvalue weighted by molar-refractivity contribution is 6.05. The summed E-state index contributed by atoms with van der Waals surface area (Å²) in [4.78, 5) is 26.3. The average molecular weight is 289 g/mol. The summed E-state index contributed by atoms with van der Waals surface area (Å²) >= 11 is 0. The number of imide groups is 1. The molecule has 0 radical (unpaired) electrons. The third-order valence-electron chi connectivity index (χ3n) is 4.39. The zero-order valence-corrected chi connectivity index (χ0v) is 12.7. The van der Waals surface area contributed by atoms with Gasteiger partial charge in [0.15, 0.2) is 0 Å². The van der Waals surface area contributed by atoms with E-state index in [-0.39, 0.29) is 36.2 Å². The number of carbonyl (C=O) groups is 2. The maximum absolute atomic E-state index is 12.6. The van der Waals surface area contributed by atoms with Gasteiger partial charge in [-0.25, -0.2) is 0 Å². The van der Waals surface area contributed by atoms with Crippen LogP contribution in [0.25, 0.3) is 0 Å². The van der Waals surface area contributed by atoms with E-state index in [1.807, 2.05) is 37.3 Å². The van der Waals surface area contributed by atoms with Gasteiger partial charge >= 0.3 is 0 Å². The molecule has 4 nitrogen and oxygen atoms in total. The quantitative estimate of drug-likeness (QED) is 0.817. The van der Waals surface area contributed by atoms with Gasteiger partial charge in [-0.2, -0.15) is 0 Å². The van der Waals surface area contributed by atoms with Gasteiger partial charge in [-0.05, 0) is 24.3 Å². The number of hydrogen-bond acceptors (Lipinski definition) is 3. The van der Waals surface area contributed by atoms with Crippen LogP contribution >= 0.6 is 0 Å². The summed E-state index contributed by atoms with van der Waals surface area (Å²) in [6, 6.07) is 9.93. The minimum absolute atomic E-state index is 0.00794. The Morgan fingerprint density at radius 1 is 1.19 bits per heavy atom. The molecule has 1 fully saturated rings. The number of hydrogen-bond donors (Lipinski definition) is 1. The van der Waals surface area contributed by atoms with Crippen molar-refractivity contribution in [2.24, 2.45) is 11.8 Å². The molecule has 0 spiro atoms. The third-order valence-corrected chi connectivity index (χ3v) is 4.39. The lowest BCUT2D eigenvalue weighted by Gasteiger charge is -2.23.